The lowest BCUT2D eigenvalue weighted by Gasteiger charge is -2.08. The molecule has 1 aromatic rings. The van der Waals surface area contributed by atoms with E-state index in [1.165, 1.54) is 11.1 Å². The zero-order chi connectivity index (χ0) is 11.0. The van der Waals surface area contributed by atoms with Crippen LogP contribution in [0, 0.1) is 5.92 Å². The molecule has 1 amide bonds. The standard InChI is InChI=1S/C13H15NO2/c15-13-7-10(8-14-13)5-9-1-2-12-11(6-9)3-4-16-12/h1-2,6,10H,3-5,7-8H2,(H,14,15). The van der Waals surface area contributed by atoms with E-state index in [0.717, 1.165) is 31.7 Å². The van der Waals surface area contributed by atoms with Gasteiger partial charge in [-0.25, -0.2) is 0 Å². The summed E-state index contributed by atoms with van der Waals surface area (Å²) >= 11 is 0. The average molecular weight is 217 g/mol. The lowest BCUT2D eigenvalue weighted by atomic mass is 9.97. The largest absolute Gasteiger partial charge is 0.493 e. The number of benzene rings is 1. The number of hydrogen-bond acceptors (Lipinski definition) is 2. The van der Waals surface area contributed by atoms with Gasteiger partial charge in [0.05, 0.1) is 6.61 Å². The van der Waals surface area contributed by atoms with Crippen LogP contribution in [0.1, 0.15) is 17.5 Å². The van der Waals surface area contributed by atoms with Gasteiger partial charge in [0.1, 0.15) is 5.75 Å². The van der Waals surface area contributed by atoms with Gasteiger partial charge in [-0.2, -0.15) is 0 Å². The van der Waals surface area contributed by atoms with Crippen LogP contribution in [0.25, 0.3) is 0 Å². The molecular formula is C13H15NO2. The molecule has 3 rings (SSSR count). The van der Waals surface area contributed by atoms with E-state index in [1.807, 2.05) is 0 Å². The maximum Gasteiger partial charge on any atom is 0.220 e. The first kappa shape index (κ1) is 9.70. The van der Waals surface area contributed by atoms with Crippen LogP contribution in [0.3, 0.4) is 0 Å². The number of rotatable bonds is 2. The van der Waals surface area contributed by atoms with Crippen molar-refractivity contribution < 1.29 is 9.53 Å². The number of ether oxygens (including phenoxy) is 1. The third-order valence-corrected chi connectivity index (χ3v) is 3.34. The lowest BCUT2D eigenvalue weighted by molar-refractivity contribution is -0.119. The molecule has 1 unspecified atom stereocenters. The van der Waals surface area contributed by atoms with Crippen molar-refractivity contribution in [2.45, 2.75) is 19.3 Å². The van der Waals surface area contributed by atoms with E-state index in [4.69, 9.17) is 4.74 Å². The molecule has 2 heterocycles. The van der Waals surface area contributed by atoms with Crippen LogP contribution in [-0.4, -0.2) is 19.1 Å². The van der Waals surface area contributed by atoms with E-state index >= 15 is 0 Å². The van der Waals surface area contributed by atoms with Crippen molar-refractivity contribution in [3.63, 3.8) is 0 Å². The Hall–Kier alpha value is -1.51. The quantitative estimate of drug-likeness (QED) is 0.811. The Labute approximate surface area is 94.8 Å². The molecule has 0 aliphatic carbocycles. The van der Waals surface area contributed by atoms with Crippen molar-refractivity contribution in [3.05, 3.63) is 29.3 Å². The first-order valence-electron chi connectivity index (χ1n) is 5.82. The second-order valence-corrected chi connectivity index (χ2v) is 4.62. The predicted molar refractivity (Wildman–Crippen MR) is 60.5 cm³/mol. The Morgan fingerprint density at radius 2 is 2.38 bits per heavy atom. The van der Waals surface area contributed by atoms with Gasteiger partial charge in [0, 0.05) is 19.4 Å². The molecular weight excluding hydrogens is 202 g/mol. The van der Waals surface area contributed by atoms with E-state index in [0.29, 0.717) is 12.3 Å². The summed E-state index contributed by atoms with van der Waals surface area (Å²) in [5.41, 5.74) is 2.64. The highest BCUT2D eigenvalue weighted by Crippen LogP contribution is 2.27. The Balaban J connectivity index is 1.73. The zero-order valence-electron chi connectivity index (χ0n) is 9.16. The van der Waals surface area contributed by atoms with Crippen LogP contribution in [0.15, 0.2) is 18.2 Å². The minimum Gasteiger partial charge on any atom is -0.493 e. The third kappa shape index (κ3) is 1.77. The third-order valence-electron chi connectivity index (χ3n) is 3.34. The summed E-state index contributed by atoms with van der Waals surface area (Å²) in [6, 6.07) is 6.40. The van der Waals surface area contributed by atoms with Crippen LogP contribution in [0.2, 0.25) is 0 Å². The highest BCUT2D eigenvalue weighted by Gasteiger charge is 2.22. The molecule has 1 atom stereocenters. The summed E-state index contributed by atoms with van der Waals surface area (Å²) in [4.78, 5) is 11.1. The summed E-state index contributed by atoms with van der Waals surface area (Å²) in [5.74, 6) is 1.69. The number of carbonyl (C=O) groups is 1. The van der Waals surface area contributed by atoms with Crippen LogP contribution in [-0.2, 0) is 17.6 Å². The van der Waals surface area contributed by atoms with Crippen molar-refractivity contribution >= 4 is 5.91 Å². The van der Waals surface area contributed by atoms with Crippen molar-refractivity contribution in [2.24, 2.45) is 5.92 Å². The maximum atomic E-state index is 11.1. The fourth-order valence-electron chi connectivity index (χ4n) is 2.51. The molecule has 84 valence electrons. The number of amides is 1. The molecule has 0 aromatic heterocycles. The Bertz CT molecular complexity index is 428. The summed E-state index contributed by atoms with van der Waals surface area (Å²) in [6.07, 6.45) is 2.69. The van der Waals surface area contributed by atoms with Crippen molar-refractivity contribution in [1.29, 1.82) is 0 Å². The van der Waals surface area contributed by atoms with Gasteiger partial charge in [-0.05, 0) is 29.5 Å². The van der Waals surface area contributed by atoms with Crippen LogP contribution < -0.4 is 10.1 Å². The zero-order valence-corrected chi connectivity index (χ0v) is 9.16. The highest BCUT2D eigenvalue weighted by molar-refractivity contribution is 5.78. The molecule has 0 saturated carbocycles. The Morgan fingerprint density at radius 1 is 1.44 bits per heavy atom. The fourth-order valence-corrected chi connectivity index (χ4v) is 2.51. The first-order chi connectivity index (χ1) is 7.81. The Morgan fingerprint density at radius 3 is 3.19 bits per heavy atom. The van der Waals surface area contributed by atoms with Crippen molar-refractivity contribution in [3.8, 4) is 5.75 Å². The molecule has 0 bridgehead atoms. The van der Waals surface area contributed by atoms with Gasteiger partial charge in [-0.3, -0.25) is 4.79 Å². The SMILES string of the molecule is O=C1CC(Cc2ccc3c(c2)CCO3)CN1. The van der Waals surface area contributed by atoms with Crippen molar-refractivity contribution in [1.82, 2.24) is 5.32 Å². The number of nitrogens with one attached hydrogen (secondary N) is 1. The van der Waals surface area contributed by atoms with Crippen LogP contribution >= 0.6 is 0 Å². The smallest absolute Gasteiger partial charge is 0.220 e. The minimum atomic E-state index is 0.189. The first-order valence-corrected chi connectivity index (χ1v) is 5.82. The predicted octanol–water partition coefficient (Wildman–Crippen LogP) is 1.30. The second kappa shape index (κ2) is 3.81. The van der Waals surface area contributed by atoms with E-state index in [-0.39, 0.29) is 5.91 Å². The average Bonchev–Trinajstić information content (AvgIpc) is 2.87. The molecule has 16 heavy (non-hydrogen) atoms. The van der Waals surface area contributed by atoms with E-state index in [2.05, 4.69) is 23.5 Å². The summed E-state index contributed by atoms with van der Waals surface area (Å²) < 4.78 is 5.47. The van der Waals surface area contributed by atoms with Gasteiger partial charge < -0.3 is 10.1 Å². The normalized spacial score (nSPS) is 22.8. The van der Waals surface area contributed by atoms with E-state index in [9.17, 15) is 4.79 Å². The topological polar surface area (TPSA) is 38.3 Å². The molecule has 3 nitrogen and oxygen atoms in total. The minimum absolute atomic E-state index is 0.189. The summed E-state index contributed by atoms with van der Waals surface area (Å²) in [7, 11) is 0. The van der Waals surface area contributed by atoms with Gasteiger partial charge in [-0.1, -0.05) is 12.1 Å². The number of fused-ring (bicyclic) bond motifs is 1. The lowest BCUT2D eigenvalue weighted by Crippen LogP contribution is -2.14. The fraction of sp³-hybridized carbons (Fsp3) is 0.462. The van der Waals surface area contributed by atoms with Gasteiger partial charge in [0.15, 0.2) is 0 Å². The summed E-state index contributed by atoms with van der Waals surface area (Å²) in [5, 5.41) is 2.88. The van der Waals surface area contributed by atoms with Crippen LogP contribution in [0.4, 0.5) is 0 Å². The molecule has 2 aliphatic rings. The van der Waals surface area contributed by atoms with Crippen molar-refractivity contribution in [2.75, 3.05) is 13.2 Å². The second-order valence-electron chi connectivity index (χ2n) is 4.62. The number of hydrogen-bond donors (Lipinski definition) is 1. The van der Waals surface area contributed by atoms with Crippen LogP contribution in [0.5, 0.6) is 5.75 Å². The summed E-state index contributed by atoms with van der Waals surface area (Å²) in [6.45, 7) is 1.63. The highest BCUT2D eigenvalue weighted by atomic mass is 16.5. The molecule has 1 aromatic carbocycles. The van der Waals surface area contributed by atoms with Gasteiger partial charge in [0.25, 0.3) is 0 Å². The monoisotopic (exact) mass is 217 g/mol. The number of carbonyl (C=O) groups excluding carboxylic acids is 1. The molecule has 1 fully saturated rings. The van der Waals surface area contributed by atoms with Gasteiger partial charge >= 0.3 is 0 Å². The van der Waals surface area contributed by atoms with Gasteiger partial charge in [-0.15, -0.1) is 0 Å². The molecule has 1 saturated heterocycles. The maximum absolute atomic E-state index is 11.1. The Kier molecular flexibility index (Phi) is 2.31. The van der Waals surface area contributed by atoms with E-state index in [1.54, 1.807) is 0 Å². The molecule has 1 N–H and O–H groups in total. The molecule has 0 radical (unpaired) electrons. The molecule has 0 spiro atoms. The van der Waals surface area contributed by atoms with E-state index < -0.39 is 0 Å². The molecule has 2 aliphatic heterocycles. The van der Waals surface area contributed by atoms with Gasteiger partial charge in [0.2, 0.25) is 5.91 Å². The molecule has 3 heteroatoms.